The summed E-state index contributed by atoms with van der Waals surface area (Å²) in [5.74, 6) is 0.0645. The Bertz CT molecular complexity index is 1060. The molecule has 0 aliphatic heterocycles. The fourth-order valence-electron chi connectivity index (χ4n) is 3.26. The molecule has 3 rings (SSSR count). The molecule has 7 heteroatoms. The lowest BCUT2D eigenvalue weighted by molar-refractivity contribution is -0.133. The van der Waals surface area contributed by atoms with E-state index in [2.05, 4.69) is 10.4 Å². The van der Waals surface area contributed by atoms with E-state index >= 15 is 0 Å². The minimum absolute atomic E-state index is 0.0494. The summed E-state index contributed by atoms with van der Waals surface area (Å²) in [6.07, 6.45) is 0.128. The van der Waals surface area contributed by atoms with Gasteiger partial charge in [0.05, 0.1) is 17.8 Å². The van der Waals surface area contributed by atoms with E-state index in [1.54, 1.807) is 31.3 Å². The Labute approximate surface area is 182 Å². The number of aryl methyl sites for hydroxylation is 1. The maximum absolute atomic E-state index is 12.5. The number of nitrogens with zero attached hydrogens (tertiary/aromatic N) is 3. The van der Waals surface area contributed by atoms with Crippen LogP contribution in [0.5, 0.6) is 5.75 Å². The number of carbonyl (C=O) groups excluding carboxylic acids is 2. The van der Waals surface area contributed by atoms with Gasteiger partial charge in [-0.05, 0) is 64.1 Å². The minimum Gasteiger partial charge on any atom is -0.426 e. The van der Waals surface area contributed by atoms with E-state index in [4.69, 9.17) is 4.74 Å². The fourth-order valence-corrected chi connectivity index (χ4v) is 3.26. The molecule has 0 saturated carbocycles. The van der Waals surface area contributed by atoms with Crippen LogP contribution in [0.15, 0.2) is 54.6 Å². The van der Waals surface area contributed by atoms with Crippen LogP contribution in [0.2, 0.25) is 0 Å². The van der Waals surface area contributed by atoms with E-state index in [0.29, 0.717) is 11.4 Å². The molecule has 0 aliphatic carbocycles. The largest absolute Gasteiger partial charge is 0.426 e. The van der Waals surface area contributed by atoms with Crippen molar-refractivity contribution in [2.24, 2.45) is 0 Å². The number of benzene rings is 2. The molecule has 0 saturated heterocycles. The van der Waals surface area contributed by atoms with Crippen LogP contribution in [-0.2, 0) is 11.2 Å². The molecule has 1 N–H and O–H groups in total. The summed E-state index contributed by atoms with van der Waals surface area (Å²) in [4.78, 5) is 26.2. The van der Waals surface area contributed by atoms with Crippen molar-refractivity contribution in [1.29, 1.82) is 0 Å². The Hall–Kier alpha value is -3.61. The molecular weight excluding hydrogens is 392 g/mol. The van der Waals surface area contributed by atoms with Gasteiger partial charge in [-0.2, -0.15) is 5.10 Å². The first kappa shape index (κ1) is 22.1. The zero-order valence-corrected chi connectivity index (χ0v) is 18.5. The van der Waals surface area contributed by atoms with E-state index in [1.165, 1.54) is 4.90 Å². The molecule has 0 spiro atoms. The number of anilines is 1. The van der Waals surface area contributed by atoms with Gasteiger partial charge in [0.1, 0.15) is 5.75 Å². The molecule has 0 atom stereocenters. The molecule has 7 nitrogen and oxygen atoms in total. The molecule has 2 amide bonds. The summed E-state index contributed by atoms with van der Waals surface area (Å²) in [5, 5.41) is 7.41. The number of esters is 1. The maximum Gasteiger partial charge on any atom is 0.321 e. The Morgan fingerprint density at radius 2 is 1.71 bits per heavy atom. The number of rotatable bonds is 6. The first-order chi connectivity index (χ1) is 14.8. The molecule has 31 heavy (non-hydrogen) atoms. The number of urea groups is 1. The lowest BCUT2D eigenvalue weighted by Crippen LogP contribution is -2.40. The number of nitrogens with one attached hydrogen (secondary N) is 1. The molecule has 162 valence electrons. The van der Waals surface area contributed by atoms with Gasteiger partial charge in [-0.1, -0.05) is 18.2 Å². The quantitative estimate of drug-likeness (QED) is 0.479. The average molecular weight is 421 g/mol. The Morgan fingerprint density at radius 1 is 1.06 bits per heavy atom. The summed E-state index contributed by atoms with van der Waals surface area (Å²) in [6, 6.07) is 16.5. The Balaban J connectivity index is 1.66. The average Bonchev–Trinajstić information content (AvgIpc) is 3.02. The number of amides is 2. The summed E-state index contributed by atoms with van der Waals surface area (Å²) in [6.45, 7) is 7.65. The predicted octanol–water partition coefficient (Wildman–Crippen LogP) is 4.19. The van der Waals surface area contributed by atoms with Crippen LogP contribution < -0.4 is 15.0 Å². The lowest BCUT2D eigenvalue weighted by Gasteiger charge is -2.20. The highest BCUT2D eigenvalue weighted by Crippen LogP contribution is 2.21. The molecule has 2 aromatic carbocycles. The van der Waals surface area contributed by atoms with Crippen LogP contribution in [0.25, 0.3) is 5.69 Å². The third kappa shape index (κ3) is 5.31. The van der Waals surface area contributed by atoms with Crippen molar-refractivity contribution in [2.75, 3.05) is 11.9 Å². The van der Waals surface area contributed by atoms with Crippen molar-refractivity contribution in [1.82, 2.24) is 15.1 Å². The second-order valence-corrected chi connectivity index (χ2v) is 7.70. The van der Waals surface area contributed by atoms with Gasteiger partial charge in [0.25, 0.3) is 0 Å². The van der Waals surface area contributed by atoms with Crippen molar-refractivity contribution in [3.8, 4) is 11.4 Å². The topological polar surface area (TPSA) is 76.5 Å². The number of hydrogen-bond donors (Lipinski definition) is 1. The molecule has 0 unspecified atom stereocenters. The molecule has 0 aliphatic rings. The number of hydrogen-bond acceptors (Lipinski definition) is 4. The van der Waals surface area contributed by atoms with Gasteiger partial charge in [-0.25, -0.2) is 9.48 Å². The zero-order valence-electron chi connectivity index (χ0n) is 18.5. The standard InChI is InChI=1S/C24H28N4O3/c1-16(2)25-24(30)27(5)19-11-13-21(14-12-19)31-23(29)15-22-17(3)26-28(18(22)4)20-9-7-6-8-10-20/h6-14,16H,15H2,1-5H3,(H,25,30). The van der Waals surface area contributed by atoms with Crippen molar-refractivity contribution >= 4 is 17.7 Å². The predicted molar refractivity (Wildman–Crippen MR) is 121 cm³/mol. The van der Waals surface area contributed by atoms with Crippen LogP contribution in [0.1, 0.15) is 30.8 Å². The Kier molecular flexibility index (Phi) is 6.74. The highest BCUT2D eigenvalue weighted by atomic mass is 16.5. The van der Waals surface area contributed by atoms with Gasteiger partial charge in [0, 0.05) is 30.0 Å². The molecule has 3 aromatic rings. The van der Waals surface area contributed by atoms with Crippen molar-refractivity contribution in [2.45, 2.75) is 40.2 Å². The summed E-state index contributed by atoms with van der Waals surface area (Å²) < 4.78 is 7.35. The van der Waals surface area contributed by atoms with Crippen LogP contribution in [0, 0.1) is 13.8 Å². The molecular formula is C24H28N4O3. The second kappa shape index (κ2) is 9.47. The zero-order chi connectivity index (χ0) is 22.5. The van der Waals surface area contributed by atoms with E-state index in [-0.39, 0.29) is 24.5 Å². The number of ether oxygens (including phenoxy) is 1. The van der Waals surface area contributed by atoms with Gasteiger partial charge in [0.15, 0.2) is 0 Å². The smallest absolute Gasteiger partial charge is 0.321 e. The third-order valence-electron chi connectivity index (χ3n) is 4.94. The van der Waals surface area contributed by atoms with Crippen molar-refractivity contribution in [3.63, 3.8) is 0 Å². The highest BCUT2D eigenvalue weighted by molar-refractivity contribution is 5.91. The van der Waals surface area contributed by atoms with E-state index in [0.717, 1.165) is 22.6 Å². The second-order valence-electron chi connectivity index (χ2n) is 7.70. The van der Waals surface area contributed by atoms with Gasteiger partial charge in [-0.15, -0.1) is 0 Å². The molecule has 1 heterocycles. The normalized spacial score (nSPS) is 10.8. The van der Waals surface area contributed by atoms with E-state index < -0.39 is 0 Å². The fraction of sp³-hybridized carbons (Fsp3) is 0.292. The van der Waals surface area contributed by atoms with E-state index in [9.17, 15) is 9.59 Å². The van der Waals surface area contributed by atoms with Crippen molar-refractivity contribution in [3.05, 3.63) is 71.5 Å². The van der Waals surface area contributed by atoms with Crippen molar-refractivity contribution < 1.29 is 14.3 Å². The van der Waals surface area contributed by atoms with Gasteiger partial charge in [-0.3, -0.25) is 9.69 Å². The maximum atomic E-state index is 12.5. The first-order valence-electron chi connectivity index (χ1n) is 10.2. The Morgan fingerprint density at radius 3 is 2.32 bits per heavy atom. The molecule has 0 radical (unpaired) electrons. The molecule has 1 aromatic heterocycles. The monoisotopic (exact) mass is 420 g/mol. The summed E-state index contributed by atoms with van der Waals surface area (Å²) in [5.41, 5.74) is 4.22. The SMILES string of the molecule is Cc1nn(-c2ccccc2)c(C)c1CC(=O)Oc1ccc(N(C)C(=O)NC(C)C)cc1. The van der Waals surface area contributed by atoms with Crippen LogP contribution in [-0.4, -0.2) is 34.9 Å². The van der Waals surface area contributed by atoms with Gasteiger partial charge in [0.2, 0.25) is 0 Å². The summed E-state index contributed by atoms with van der Waals surface area (Å²) >= 11 is 0. The number of aromatic nitrogens is 2. The molecule has 0 bridgehead atoms. The van der Waals surface area contributed by atoms with Crippen LogP contribution in [0.3, 0.4) is 0 Å². The van der Waals surface area contributed by atoms with Gasteiger partial charge >= 0.3 is 12.0 Å². The van der Waals surface area contributed by atoms with Crippen LogP contribution >= 0.6 is 0 Å². The van der Waals surface area contributed by atoms with Crippen LogP contribution in [0.4, 0.5) is 10.5 Å². The summed E-state index contributed by atoms with van der Waals surface area (Å²) in [7, 11) is 1.69. The van der Waals surface area contributed by atoms with Gasteiger partial charge < -0.3 is 10.1 Å². The first-order valence-corrected chi connectivity index (χ1v) is 10.2. The number of para-hydroxylation sites is 1. The number of carbonyl (C=O) groups is 2. The highest BCUT2D eigenvalue weighted by Gasteiger charge is 2.17. The molecule has 0 fully saturated rings. The minimum atomic E-state index is -0.363. The lowest BCUT2D eigenvalue weighted by atomic mass is 10.1. The van der Waals surface area contributed by atoms with E-state index in [1.807, 2.05) is 62.7 Å². The third-order valence-corrected chi connectivity index (χ3v) is 4.94.